The molecule has 1 aliphatic carbocycles. The maximum absolute atomic E-state index is 6.33. The average Bonchev–Trinajstić information content (AvgIpc) is 2.53. The zero-order valence-electron chi connectivity index (χ0n) is 11.7. The molecule has 0 aromatic heterocycles. The van der Waals surface area contributed by atoms with Crippen molar-refractivity contribution >= 4 is 0 Å². The fourth-order valence-electron chi connectivity index (χ4n) is 2.99. The van der Waals surface area contributed by atoms with Crippen LogP contribution in [0.3, 0.4) is 0 Å². The fourth-order valence-corrected chi connectivity index (χ4v) is 2.99. The van der Waals surface area contributed by atoms with Crippen molar-refractivity contribution < 1.29 is 4.74 Å². The summed E-state index contributed by atoms with van der Waals surface area (Å²) in [6.45, 7) is 0.517. The summed E-state index contributed by atoms with van der Waals surface area (Å²) >= 11 is 0. The molecule has 0 radical (unpaired) electrons. The van der Waals surface area contributed by atoms with E-state index in [1.54, 1.807) is 0 Å². The van der Waals surface area contributed by atoms with Crippen LogP contribution in [0.25, 0.3) is 0 Å². The highest BCUT2D eigenvalue weighted by molar-refractivity contribution is 5.31. The number of ether oxygens (including phenoxy) is 1. The van der Waals surface area contributed by atoms with Gasteiger partial charge in [0.2, 0.25) is 0 Å². The number of nitrogens with two attached hydrogens (primary N) is 1. The SMILES string of the molecule is NCC(OC1CCCc2ccccc21)c1ccccc1. The largest absolute Gasteiger partial charge is 0.364 e. The summed E-state index contributed by atoms with van der Waals surface area (Å²) < 4.78 is 6.33. The van der Waals surface area contributed by atoms with Crippen molar-refractivity contribution in [3.05, 3.63) is 71.3 Å². The molecule has 2 nitrogen and oxygen atoms in total. The Morgan fingerprint density at radius 2 is 1.80 bits per heavy atom. The maximum atomic E-state index is 6.33. The van der Waals surface area contributed by atoms with Crippen LogP contribution in [0.4, 0.5) is 0 Å². The van der Waals surface area contributed by atoms with Gasteiger partial charge in [-0.25, -0.2) is 0 Å². The molecule has 0 saturated heterocycles. The van der Waals surface area contributed by atoms with Crippen LogP contribution in [-0.4, -0.2) is 6.54 Å². The molecule has 0 amide bonds. The Hall–Kier alpha value is -1.64. The Morgan fingerprint density at radius 3 is 2.60 bits per heavy atom. The lowest BCUT2D eigenvalue weighted by atomic mass is 9.89. The fraction of sp³-hybridized carbons (Fsp3) is 0.333. The predicted octanol–water partition coefficient (Wildman–Crippen LogP) is 3.78. The lowest BCUT2D eigenvalue weighted by Gasteiger charge is -2.29. The van der Waals surface area contributed by atoms with Crippen LogP contribution in [0.5, 0.6) is 0 Å². The summed E-state index contributed by atoms with van der Waals surface area (Å²) in [6.07, 6.45) is 3.59. The molecule has 0 fully saturated rings. The molecule has 2 heteroatoms. The number of hydrogen-bond acceptors (Lipinski definition) is 2. The van der Waals surface area contributed by atoms with Crippen molar-refractivity contribution in [2.45, 2.75) is 31.5 Å². The van der Waals surface area contributed by atoms with E-state index in [0.29, 0.717) is 6.54 Å². The van der Waals surface area contributed by atoms with Crippen molar-refractivity contribution in [3.8, 4) is 0 Å². The molecule has 0 spiro atoms. The van der Waals surface area contributed by atoms with E-state index in [1.165, 1.54) is 17.5 Å². The van der Waals surface area contributed by atoms with Crippen molar-refractivity contribution in [1.29, 1.82) is 0 Å². The molecule has 0 aliphatic heterocycles. The Labute approximate surface area is 120 Å². The molecule has 2 aromatic rings. The van der Waals surface area contributed by atoms with Gasteiger partial charge in [-0.3, -0.25) is 0 Å². The van der Waals surface area contributed by atoms with E-state index < -0.39 is 0 Å². The number of hydrogen-bond donors (Lipinski definition) is 1. The first kappa shape index (κ1) is 13.3. The van der Waals surface area contributed by atoms with Gasteiger partial charge in [-0.05, 0) is 36.0 Å². The smallest absolute Gasteiger partial charge is 0.0955 e. The average molecular weight is 267 g/mol. The van der Waals surface area contributed by atoms with Gasteiger partial charge in [-0.1, -0.05) is 54.6 Å². The van der Waals surface area contributed by atoms with E-state index in [0.717, 1.165) is 18.4 Å². The molecule has 2 unspecified atom stereocenters. The van der Waals surface area contributed by atoms with Crippen molar-refractivity contribution in [2.75, 3.05) is 6.54 Å². The number of rotatable bonds is 4. The van der Waals surface area contributed by atoms with E-state index >= 15 is 0 Å². The van der Waals surface area contributed by atoms with Gasteiger partial charge in [0.05, 0.1) is 12.2 Å². The van der Waals surface area contributed by atoms with Crippen LogP contribution in [0.15, 0.2) is 54.6 Å². The molecule has 0 heterocycles. The molecule has 0 bridgehead atoms. The normalized spacial score (nSPS) is 19.4. The summed E-state index contributed by atoms with van der Waals surface area (Å²) in [5, 5.41) is 0. The quantitative estimate of drug-likeness (QED) is 0.915. The minimum atomic E-state index is -0.0210. The second kappa shape index (κ2) is 6.21. The third-order valence-electron chi connectivity index (χ3n) is 4.03. The molecular weight excluding hydrogens is 246 g/mol. The molecule has 0 saturated carbocycles. The van der Waals surface area contributed by atoms with E-state index in [1.807, 2.05) is 18.2 Å². The third kappa shape index (κ3) is 2.77. The molecule has 3 rings (SSSR count). The summed E-state index contributed by atoms with van der Waals surface area (Å²) in [6, 6.07) is 18.9. The van der Waals surface area contributed by atoms with Crippen LogP contribution in [-0.2, 0) is 11.2 Å². The minimum absolute atomic E-state index is 0.0210. The predicted molar refractivity (Wildman–Crippen MR) is 81.4 cm³/mol. The van der Waals surface area contributed by atoms with Crippen LogP contribution >= 0.6 is 0 Å². The van der Waals surface area contributed by atoms with E-state index in [9.17, 15) is 0 Å². The summed E-state index contributed by atoms with van der Waals surface area (Å²) in [5.41, 5.74) is 9.85. The molecular formula is C18H21NO. The Bertz CT molecular complexity index is 552. The second-order valence-corrected chi connectivity index (χ2v) is 5.35. The molecule has 104 valence electrons. The second-order valence-electron chi connectivity index (χ2n) is 5.35. The molecule has 20 heavy (non-hydrogen) atoms. The van der Waals surface area contributed by atoms with Crippen LogP contribution in [0.2, 0.25) is 0 Å². The highest BCUT2D eigenvalue weighted by Crippen LogP contribution is 2.35. The Morgan fingerprint density at radius 1 is 1.05 bits per heavy atom. The first-order chi connectivity index (χ1) is 9.88. The highest BCUT2D eigenvalue weighted by atomic mass is 16.5. The molecule has 1 aliphatic rings. The Kier molecular flexibility index (Phi) is 4.14. The molecule has 2 atom stereocenters. The van der Waals surface area contributed by atoms with E-state index in [2.05, 4.69) is 36.4 Å². The van der Waals surface area contributed by atoms with E-state index in [4.69, 9.17) is 10.5 Å². The van der Waals surface area contributed by atoms with Crippen LogP contribution < -0.4 is 5.73 Å². The van der Waals surface area contributed by atoms with Gasteiger partial charge in [0, 0.05) is 6.54 Å². The standard InChI is InChI=1S/C18H21NO/c19-13-18(15-8-2-1-3-9-15)20-17-12-6-10-14-7-4-5-11-16(14)17/h1-5,7-9,11,17-18H,6,10,12-13,19H2. The van der Waals surface area contributed by atoms with Crippen molar-refractivity contribution in [2.24, 2.45) is 5.73 Å². The van der Waals surface area contributed by atoms with E-state index in [-0.39, 0.29) is 12.2 Å². The van der Waals surface area contributed by atoms with Crippen molar-refractivity contribution in [1.82, 2.24) is 0 Å². The van der Waals surface area contributed by atoms with Gasteiger partial charge in [-0.15, -0.1) is 0 Å². The number of fused-ring (bicyclic) bond motifs is 1. The summed E-state index contributed by atoms with van der Waals surface area (Å²) in [5.74, 6) is 0. The van der Waals surface area contributed by atoms with Crippen LogP contribution in [0.1, 0.15) is 41.7 Å². The third-order valence-corrected chi connectivity index (χ3v) is 4.03. The van der Waals surface area contributed by atoms with Gasteiger partial charge in [0.15, 0.2) is 0 Å². The molecule has 2 aromatic carbocycles. The number of aryl methyl sites for hydroxylation is 1. The lowest BCUT2D eigenvalue weighted by molar-refractivity contribution is -0.0191. The van der Waals surface area contributed by atoms with Gasteiger partial charge in [-0.2, -0.15) is 0 Å². The van der Waals surface area contributed by atoms with Gasteiger partial charge >= 0.3 is 0 Å². The zero-order chi connectivity index (χ0) is 13.8. The minimum Gasteiger partial charge on any atom is -0.364 e. The zero-order valence-corrected chi connectivity index (χ0v) is 11.7. The number of benzene rings is 2. The van der Waals surface area contributed by atoms with Gasteiger partial charge in [0.25, 0.3) is 0 Å². The Balaban J connectivity index is 1.81. The highest BCUT2D eigenvalue weighted by Gasteiger charge is 2.23. The first-order valence-corrected chi connectivity index (χ1v) is 7.37. The van der Waals surface area contributed by atoms with Crippen LogP contribution in [0, 0.1) is 0 Å². The van der Waals surface area contributed by atoms with Gasteiger partial charge < -0.3 is 10.5 Å². The summed E-state index contributed by atoms with van der Waals surface area (Å²) in [7, 11) is 0. The van der Waals surface area contributed by atoms with Gasteiger partial charge in [0.1, 0.15) is 0 Å². The summed E-state index contributed by atoms with van der Waals surface area (Å²) in [4.78, 5) is 0. The van der Waals surface area contributed by atoms with Crippen molar-refractivity contribution in [3.63, 3.8) is 0 Å². The first-order valence-electron chi connectivity index (χ1n) is 7.37. The topological polar surface area (TPSA) is 35.2 Å². The maximum Gasteiger partial charge on any atom is 0.0955 e. The lowest BCUT2D eigenvalue weighted by Crippen LogP contribution is -2.21. The molecule has 2 N–H and O–H groups in total. The monoisotopic (exact) mass is 267 g/mol.